The summed E-state index contributed by atoms with van der Waals surface area (Å²) in [5.41, 5.74) is 4.11. The molecule has 2 aromatic rings. The first-order chi connectivity index (χ1) is 18.2. The van der Waals surface area contributed by atoms with Crippen LogP contribution in [0.1, 0.15) is 23.5 Å². The summed E-state index contributed by atoms with van der Waals surface area (Å²) < 4.78 is 15.3. The number of methoxy groups -OCH3 is 1. The molecule has 1 aliphatic carbocycles. The SMILES string of the molecule is COC(=O)C(CC(=O)N[C@@H]1OC(CO)[C@H](O)[C@H](O)C1O)NC(=O)OCC1c2ccccc2-c2ccccc21. The van der Waals surface area contributed by atoms with Crippen LogP contribution in [0.15, 0.2) is 48.5 Å². The molecule has 6 atom stereocenters. The fraction of sp³-hybridized carbons (Fsp3) is 0.423. The van der Waals surface area contributed by atoms with Crippen molar-refractivity contribution < 1.29 is 49.0 Å². The van der Waals surface area contributed by atoms with E-state index in [0.29, 0.717) is 0 Å². The van der Waals surface area contributed by atoms with Crippen LogP contribution < -0.4 is 10.6 Å². The maximum atomic E-state index is 12.6. The van der Waals surface area contributed by atoms with Gasteiger partial charge in [-0.15, -0.1) is 0 Å². The molecule has 38 heavy (non-hydrogen) atoms. The molecule has 6 N–H and O–H groups in total. The molecule has 204 valence electrons. The molecule has 0 saturated carbocycles. The Morgan fingerprint density at radius 1 is 0.947 bits per heavy atom. The lowest BCUT2D eigenvalue weighted by Crippen LogP contribution is -2.63. The molecular weight excluding hydrogens is 500 g/mol. The van der Waals surface area contributed by atoms with Crippen molar-refractivity contribution in [3.05, 3.63) is 59.7 Å². The van der Waals surface area contributed by atoms with Gasteiger partial charge in [0, 0.05) is 5.92 Å². The molecule has 12 nitrogen and oxygen atoms in total. The Morgan fingerprint density at radius 3 is 2.13 bits per heavy atom. The number of nitrogens with one attached hydrogen (secondary N) is 2. The van der Waals surface area contributed by atoms with Crippen molar-refractivity contribution >= 4 is 18.0 Å². The van der Waals surface area contributed by atoms with Crippen LogP contribution in [0.4, 0.5) is 4.79 Å². The second-order valence-electron chi connectivity index (χ2n) is 9.07. The number of aliphatic hydroxyl groups excluding tert-OH is 4. The highest BCUT2D eigenvalue weighted by Crippen LogP contribution is 2.44. The topological polar surface area (TPSA) is 184 Å². The zero-order chi connectivity index (χ0) is 27.4. The fourth-order valence-corrected chi connectivity index (χ4v) is 4.74. The minimum Gasteiger partial charge on any atom is -0.467 e. The number of benzene rings is 2. The van der Waals surface area contributed by atoms with Crippen LogP contribution in [0.5, 0.6) is 0 Å². The van der Waals surface area contributed by atoms with Crippen molar-refractivity contribution in [1.29, 1.82) is 0 Å². The van der Waals surface area contributed by atoms with E-state index in [1.165, 1.54) is 0 Å². The third-order valence-corrected chi connectivity index (χ3v) is 6.71. The first-order valence-electron chi connectivity index (χ1n) is 12.0. The van der Waals surface area contributed by atoms with Gasteiger partial charge in [-0.3, -0.25) is 4.79 Å². The number of ether oxygens (including phenoxy) is 3. The summed E-state index contributed by atoms with van der Waals surface area (Å²) in [6.07, 6.45) is -9.25. The highest BCUT2D eigenvalue weighted by Gasteiger charge is 2.44. The van der Waals surface area contributed by atoms with Crippen molar-refractivity contribution in [2.45, 2.75) is 49.0 Å². The number of rotatable bonds is 8. The Balaban J connectivity index is 1.37. The van der Waals surface area contributed by atoms with Crippen LogP contribution in [0.3, 0.4) is 0 Å². The van der Waals surface area contributed by atoms with Gasteiger partial charge >= 0.3 is 12.1 Å². The van der Waals surface area contributed by atoms with Crippen molar-refractivity contribution in [3.8, 4) is 11.1 Å². The lowest BCUT2D eigenvalue weighted by molar-refractivity contribution is -0.236. The van der Waals surface area contributed by atoms with E-state index in [1.807, 2.05) is 48.5 Å². The molecule has 0 aromatic heterocycles. The van der Waals surface area contributed by atoms with Crippen molar-refractivity contribution in [2.75, 3.05) is 20.3 Å². The van der Waals surface area contributed by atoms with E-state index in [2.05, 4.69) is 15.4 Å². The van der Waals surface area contributed by atoms with E-state index in [0.717, 1.165) is 29.4 Å². The summed E-state index contributed by atoms with van der Waals surface area (Å²) in [6.45, 7) is -0.684. The first kappa shape index (κ1) is 27.5. The lowest BCUT2D eigenvalue weighted by Gasteiger charge is -2.40. The summed E-state index contributed by atoms with van der Waals surface area (Å²) >= 11 is 0. The zero-order valence-corrected chi connectivity index (χ0v) is 20.5. The number of carbonyl (C=O) groups is 3. The molecule has 0 spiro atoms. The van der Waals surface area contributed by atoms with Crippen LogP contribution in [-0.4, -0.2) is 95.4 Å². The normalized spacial score (nSPS) is 25.0. The van der Waals surface area contributed by atoms with Crippen LogP contribution in [0.25, 0.3) is 11.1 Å². The number of esters is 1. The van der Waals surface area contributed by atoms with Crippen molar-refractivity contribution in [2.24, 2.45) is 0 Å². The number of hydrogen-bond acceptors (Lipinski definition) is 10. The lowest BCUT2D eigenvalue weighted by atomic mass is 9.98. The summed E-state index contributed by atoms with van der Waals surface area (Å²) in [4.78, 5) is 37.5. The van der Waals surface area contributed by atoms with Gasteiger partial charge in [-0.25, -0.2) is 9.59 Å². The van der Waals surface area contributed by atoms with Crippen LogP contribution in [0.2, 0.25) is 0 Å². The summed E-state index contributed by atoms with van der Waals surface area (Å²) in [5.74, 6) is -1.97. The van der Waals surface area contributed by atoms with Gasteiger partial charge in [0.25, 0.3) is 0 Å². The molecular formula is C26H30N2O10. The molecule has 2 aliphatic rings. The van der Waals surface area contributed by atoms with Gasteiger partial charge in [0.2, 0.25) is 5.91 Å². The molecule has 1 heterocycles. The van der Waals surface area contributed by atoms with Gasteiger partial charge in [-0.2, -0.15) is 0 Å². The van der Waals surface area contributed by atoms with Gasteiger partial charge in [0.05, 0.1) is 20.1 Å². The quantitative estimate of drug-likeness (QED) is 0.240. The summed E-state index contributed by atoms with van der Waals surface area (Å²) in [7, 11) is 1.09. The van der Waals surface area contributed by atoms with Crippen LogP contribution in [-0.2, 0) is 23.8 Å². The van der Waals surface area contributed by atoms with E-state index in [9.17, 15) is 34.8 Å². The predicted molar refractivity (Wildman–Crippen MR) is 131 cm³/mol. The van der Waals surface area contributed by atoms with Crippen LogP contribution >= 0.6 is 0 Å². The summed E-state index contributed by atoms with van der Waals surface area (Å²) in [6, 6.07) is 14.1. The molecule has 1 saturated heterocycles. The van der Waals surface area contributed by atoms with Gasteiger partial charge in [0.15, 0.2) is 6.23 Å². The van der Waals surface area contributed by atoms with E-state index in [-0.39, 0.29) is 12.5 Å². The largest absolute Gasteiger partial charge is 0.467 e. The molecule has 0 bridgehead atoms. The zero-order valence-electron chi connectivity index (χ0n) is 20.5. The maximum Gasteiger partial charge on any atom is 0.407 e. The third-order valence-electron chi connectivity index (χ3n) is 6.71. The number of amides is 2. The second kappa shape index (κ2) is 11.9. The highest BCUT2D eigenvalue weighted by atomic mass is 16.6. The minimum atomic E-state index is -1.71. The van der Waals surface area contributed by atoms with E-state index in [1.54, 1.807) is 0 Å². The number of carbonyl (C=O) groups excluding carboxylic acids is 3. The molecule has 1 fully saturated rings. The Hall–Kier alpha value is -3.55. The third kappa shape index (κ3) is 5.64. The van der Waals surface area contributed by atoms with Crippen molar-refractivity contribution in [3.63, 3.8) is 0 Å². The van der Waals surface area contributed by atoms with Gasteiger partial charge in [-0.05, 0) is 22.3 Å². The standard InChI is InChI=1S/C26H30N2O10/c1-36-25(34)18(10-20(30)28-24-23(33)22(32)21(31)19(11-29)38-24)27-26(35)37-12-17-15-8-4-2-6-13(15)14-7-3-5-9-16(14)17/h2-9,17-19,21-24,29,31-33H,10-12H2,1H3,(H,27,35)(H,28,30)/t18?,19?,21-,22-,23?,24+/m0/s1. The molecule has 2 aromatic carbocycles. The Bertz CT molecular complexity index is 1130. The number of alkyl carbamates (subject to hydrolysis) is 1. The van der Waals surface area contributed by atoms with Gasteiger partial charge in [0.1, 0.15) is 37.1 Å². The molecule has 0 radical (unpaired) electrons. The molecule has 1 aliphatic heterocycles. The number of fused-ring (bicyclic) bond motifs is 3. The number of hydrogen-bond donors (Lipinski definition) is 6. The average Bonchev–Trinajstić information content (AvgIpc) is 3.25. The Labute approximate surface area is 218 Å². The molecule has 2 amide bonds. The molecule has 3 unspecified atom stereocenters. The molecule has 4 rings (SSSR count). The number of aliphatic hydroxyl groups is 4. The molecule has 12 heteroatoms. The van der Waals surface area contributed by atoms with Gasteiger partial charge < -0.3 is 45.3 Å². The van der Waals surface area contributed by atoms with E-state index >= 15 is 0 Å². The van der Waals surface area contributed by atoms with Gasteiger partial charge in [-0.1, -0.05) is 48.5 Å². The monoisotopic (exact) mass is 530 g/mol. The van der Waals surface area contributed by atoms with E-state index < -0.39 is 67.7 Å². The second-order valence-corrected chi connectivity index (χ2v) is 9.07. The Kier molecular flexibility index (Phi) is 8.59. The summed E-state index contributed by atoms with van der Waals surface area (Å²) in [5, 5.41) is 43.8. The van der Waals surface area contributed by atoms with Crippen LogP contribution in [0, 0.1) is 0 Å². The highest BCUT2D eigenvalue weighted by molar-refractivity contribution is 5.88. The maximum absolute atomic E-state index is 12.6. The van der Waals surface area contributed by atoms with E-state index in [4.69, 9.17) is 9.47 Å². The fourth-order valence-electron chi connectivity index (χ4n) is 4.74. The Morgan fingerprint density at radius 2 is 1.55 bits per heavy atom. The van der Waals surface area contributed by atoms with Crippen molar-refractivity contribution in [1.82, 2.24) is 10.6 Å². The minimum absolute atomic E-state index is 0.00911. The average molecular weight is 531 g/mol. The predicted octanol–water partition coefficient (Wildman–Crippen LogP) is -0.627. The smallest absolute Gasteiger partial charge is 0.407 e. The first-order valence-corrected chi connectivity index (χ1v) is 12.0.